The highest BCUT2D eigenvalue weighted by Gasteiger charge is 2.50. The van der Waals surface area contributed by atoms with E-state index in [4.69, 9.17) is 37.6 Å². The van der Waals surface area contributed by atoms with Crippen molar-refractivity contribution in [1.82, 2.24) is 0 Å². The van der Waals surface area contributed by atoms with E-state index < -0.39 is 127 Å². The minimum atomic E-state index is -2.01. The molecule has 0 saturated carbocycles. The average molecular weight is 757 g/mol. The van der Waals surface area contributed by atoms with Gasteiger partial charge in [0.2, 0.25) is 17.5 Å². The van der Waals surface area contributed by atoms with Gasteiger partial charge in [-0.2, -0.15) is 0 Å². The number of rotatable bonds is 9. The normalized spacial score (nSPS) is 36.3. The Bertz CT molecular complexity index is 1820. The molecule has 1 aromatic heterocycles. The molecule has 53 heavy (non-hydrogen) atoms. The number of aliphatic hydroxyl groups is 8. The zero-order valence-corrected chi connectivity index (χ0v) is 28.0. The van der Waals surface area contributed by atoms with Crippen molar-refractivity contribution < 1.29 is 93.7 Å². The van der Waals surface area contributed by atoms with E-state index in [1.54, 1.807) is 0 Å². The van der Waals surface area contributed by atoms with Crippen molar-refractivity contribution in [3.63, 3.8) is 0 Å². The summed E-state index contributed by atoms with van der Waals surface area (Å²) in [5.74, 6) is -2.46. The van der Waals surface area contributed by atoms with Crippen molar-refractivity contribution in [1.29, 1.82) is 0 Å². The summed E-state index contributed by atoms with van der Waals surface area (Å²) in [5, 5.41) is 114. The summed E-state index contributed by atoms with van der Waals surface area (Å²) >= 11 is 0. The molecule has 3 aromatic rings. The Morgan fingerprint density at radius 2 is 1.49 bits per heavy atom. The van der Waals surface area contributed by atoms with E-state index in [9.17, 15) is 61.0 Å². The maximum absolute atomic E-state index is 13.8. The molecule has 4 heterocycles. The number of phenols is 3. The van der Waals surface area contributed by atoms with Gasteiger partial charge in [-0.3, -0.25) is 4.79 Å². The zero-order valence-electron chi connectivity index (χ0n) is 28.0. The first kappa shape index (κ1) is 38.8. The second-order valence-electron chi connectivity index (χ2n) is 12.8. The van der Waals surface area contributed by atoms with Crippen molar-refractivity contribution in [2.24, 2.45) is 0 Å². The second-order valence-corrected chi connectivity index (χ2v) is 12.8. The predicted molar refractivity (Wildman–Crippen MR) is 172 cm³/mol. The van der Waals surface area contributed by atoms with Crippen molar-refractivity contribution in [2.45, 2.75) is 92.9 Å². The SMILES string of the molecule is COc1cc(-c2oc3cc(O)cc(O)c3c(=O)c2O[C@@H]2O[C@H](CO[C@@H]3O[C@@H](C)[C@H](O)[C@@H](O[C@@H]4OC[C@@H](O)[C@H](O)[C@H]4O)[C@H]3O)[C@H](O)[C@H](O)[C@H]2O)ccc1O. The van der Waals surface area contributed by atoms with Gasteiger partial charge in [0.05, 0.1) is 26.4 Å². The summed E-state index contributed by atoms with van der Waals surface area (Å²) in [4.78, 5) is 13.8. The minimum absolute atomic E-state index is 0.0416. The predicted octanol–water partition coefficient (Wildman–Crippen LogP) is -2.92. The standard InChI is InChI=1S/C33H40O20/c1-10-20(38)29(52-31-25(43)21(39)15(37)8-47-31)27(45)32(49-10)48-9-18-22(40)24(42)26(44)33(51-18)53-30-23(41)19-14(36)6-12(34)7-17(19)50-28(30)11-3-4-13(35)16(5-11)46-2/h3-7,10,15,18,20-22,24-27,29,31-40,42-45H,8-9H2,1-2H3/t10-,15+,18+,20-,21-,22-,24-,25+,26+,27+,29+,31-,32+,33-/m0/s1. The molecule has 20 heteroatoms. The van der Waals surface area contributed by atoms with E-state index in [1.165, 1.54) is 32.2 Å². The lowest BCUT2D eigenvalue weighted by atomic mass is 9.98. The average Bonchev–Trinajstić information content (AvgIpc) is 3.12. The number of ether oxygens (including phenoxy) is 7. The molecule has 0 bridgehead atoms. The smallest absolute Gasteiger partial charge is 0.239 e. The van der Waals surface area contributed by atoms with Gasteiger partial charge in [-0.25, -0.2) is 0 Å². The quantitative estimate of drug-likeness (QED) is 0.104. The highest BCUT2D eigenvalue weighted by molar-refractivity contribution is 5.88. The summed E-state index contributed by atoms with van der Waals surface area (Å²) < 4.78 is 44.6. The maximum atomic E-state index is 13.8. The summed E-state index contributed by atoms with van der Waals surface area (Å²) in [5.41, 5.74) is -1.21. The second kappa shape index (κ2) is 15.5. The molecule has 0 amide bonds. The van der Waals surface area contributed by atoms with E-state index in [0.29, 0.717) is 0 Å². The molecular weight excluding hydrogens is 716 g/mol. The Balaban J connectivity index is 1.24. The number of aromatic hydroxyl groups is 3. The third-order valence-corrected chi connectivity index (χ3v) is 9.21. The summed E-state index contributed by atoms with van der Waals surface area (Å²) in [7, 11) is 1.27. The van der Waals surface area contributed by atoms with Crippen LogP contribution in [0.2, 0.25) is 0 Å². The van der Waals surface area contributed by atoms with E-state index >= 15 is 0 Å². The van der Waals surface area contributed by atoms with Crippen LogP contribution in [0.4, 0.5) is 0 Å². The number of fused-ring (bicyclic) bond motifs is 1. The Labute approximate surface area is 298 Å². The molecule has 11 N–H and O–H groups in total. The molecule has 2 aromatic carbocycles. The Kier molecular flexibility index (Phi) is 11.3. The van der Waals surface area contributed by atoms with Gasteiger partial charge in [0, 0.05) is 17.7 Å². The third-order valence-electron chi connectivity index (χ3n) is 9.21. The van der Waals surface area contributed by atoms with Crippen LogP contribution in [-0.2, 0) is 23.7 Å². The van der Waals surface area contributed by atoms with E-state index in [0.717, 1.165) is 12.1 Å². The van der Waals surface area contributed by atoms with E-state index in [-0.39, 0.29) is 28.4 Å². The molecule has 3 aliphatic heterocycles. The van der Waals surface area contributed by atoms with Gasteiger partial charge in [-0.1, -0.05) is 0 Å². The van der Waals surface area contributed by atoms with Gasteiger partial charge in [0.25, 0.3) is 0 Å². The molecule has 20 nitrogen and oxygen atoms in total. The molecule has 14 atom stereocenters. The van der Waals surface area contributed by atoms with Crippen LogP contribution in [0.15, 0.2) is 39.5 Å². The summed E-state index contributed by atoms with van der Waals surface area (Å²) in [6, 6.07) is 5.75. The number of methoxy groups -OCH3 is 1. The highest BCUT2D eigenvalue weighted by atomic mass is 16.7. The largest absolute Gasteiger partial charge is 0.508 e. The Hall–Kier alpha value is -3.87. The third kappa shape index (κ3) is 7.47. The van der Waals surface area contributed by atoms with Crippen LogP contribution < -0.4 is 14.9 Å². The van der Waals surface area contributed by atoms with E-state index in [2.05, 4.69) is 0 Å². The van der Waals surface area contributed by atoms with Gasteiger partial charge in [-0.15, -0.1) is 0 Å². The van der Waals surface area contributed by atoms with E-state index in [1.807, 2.05) is 0 Å². The molecule has 292 valence electrons. The van der Waals surface area contributed by atoms with Crippen LogP contribution in [-0.4, -0.2) is 163 Å². The number of phenolic OH excluding ortho intramolecular Hbond substituents is 3. The van der Waals surface area contributed by atoms with Gasteiger partial charge in [0.15, 0.2) is 29.8 Å². The first-order chi connectivity index (χ1) is 25.1. The van der Waals surface area contributed by atoms with Crippen molar-refractivity contribution >= 4 is 11.0 Å². The number of benzene rings is 2. The topological polar surface area (TPSA) is 317 Å². The fraction of sp³-hybridized carbons (Fsp3) is 0.545. The van der Waals surface area contributed by atoms with Crippen molar-refractivity contribution in [3.8, 4) is 40.1 Å². The fourth-order valence-electron chi connectivity index (χ4n) is 6.19. The molecular formula is C33H40O20. The Morgan fingerprint density at radius 1 is 0.774 bits per heavy atom. The first-order valence-corrected chi connectivity index (χ1v) is 16.3. The zero-order chi connectivity index (χ0) is 38.5. The first-order valence-electron chi connectivity index (χ1n) is 16.3. The van der Waals surface area contributed by atoms with Gasteiger partial charge >= 0.3 is 0 Å². The number of hydrogen-bond donors (Lipinski definition) is 11. The molecule has 3 fully saturated rings. The minimum Gasteiger partial charge on any atom is -0.508 e. The lowest BCUT2D eigenvalue weighted by Gasteiger charge is -2.45. The van der Waals surface area contributed by atoms with Gasteiger partial charge in [0.1, 0.15) is 83.5 Å². The molecule has 0 aliphatic carbocycles. The molecule has 3 saturated heterocycles. The fourth-order valence-corrected chi connectivity index (χ4v) is 6.19. The molecule has 0 radical (unpaired) electrons. The van der Waals surface area contributed by atoms with Crippen LogP contribution >= 0.6 is 0 Å². The molecule has 3 aliphatic rings. The van der Waals surface area contributed by atoms with Crippen LogP contribution in [0.5, 0.6) is 28.7 Å². The highest BCUT2D eigenvalue weighted by Crippen LogP contribution is 2.40. The summed E-state index contributed by atoms with van der Waals surface area (Å²) in [6.07, 6.45) is -23.2. The maximum Gasteiger partial charge on any atom is 0.239 e. The van der Waals surface area contributed by atoms with Crippen molar-refractivity contribution in [2.75, 3.05) is 20.3 Å². The van der Waals surface area contributed by atoms with Crippen LogP contribution in [0, 0.1) is 0 Å². The van der Waals surface area contributed by atoms with Crippen molar-refractivity contribution in [3.05, 3.63) is 40.6 Å². The van der Waals surface area contributed by atoms with Crippen LogP contribution in [0.1, 0.15) is 6.92 Å². The van der Waals surface area contributed by atoms with Crippen LogP contribution in [0.3, 0.4) is 0 Å². The lowest BCUT2D eigenvalue weighted by Crippen LogP contribution is -2.63. The van der Waals surface area contributed by atoms with Gasteiger partial charge < -0.3 is 93.7 Å². The number of hydrogen-bond acceptors (Lipinski definition) is 20. The van der Waals surface area contributed by atoms with Crippen LogP contribution in [0.25, 0.3) is 22.3 Å². The van der Waals surface area contributed by atoms with Gasteiger partial charge in [-0.05, 0) is 25.1 Å². The lowest BCUT2D eigenvalue weighted by molar-refractivity contribution is -0.351. The molecule has 6 rings (SSSR count). The molecule has 0 spiro atoms. The monoisotopic (exact) mass is 756 g/mol. The summed E-state index contributed by atoms with van der Waals surface area (Å²) in [6.45, 7) is 0.314. The Morgan fingerprint density at radius 3 is 2.21 bits per heavy atom. The molecule has 0 unspecified atom stereocenters. The number of aliphatic hydroxyl groups excluding tert-OH is 8.